The zero-order chi connectivity index (χ0) is 24.3. The fourth-order valence-corrected chi connectivity index (χ4v) is 4.84. The molecule has 34 heavy (non-hydrogen) atoms. The molecule has 6 N–H and O–H groups in total. The summed E-state index contributed by atoms with van der Waals surface area (Å²) in [6.07, 6.45) is 0. The van der Waals surface area contributed by atoms with Gasteiger partial charge in [0.2, 0.25) is 15.8 Å². The molecule has 1 heterocycles. The molecule has 1 amide bonds. The summed E-state index contributed by atoms with van der Waals surface area (Å²) >= 11 is 1.09. The van der Waals surface area contributed by atoms with E-state index in [1.807, 2.05) is 30.3 Å². The summed E-state index contributed by atoms with van der Waals surface area (Å²) < 4.78 is 22.9. The molecule has 0 bridgehead atoms. The smallest absolute Gasteiger partial charge is 0.260 e. The van der Waals surface area contributed by atoms with Crippen LogP contribution in [0.4, 0.5) is 22.1 Å². The molecule has 0 saturated heterocycles. The van der Waals surface area contributed by atoms with Gasteiger partial charge in [0.1, 0.15) is 9.88 Å². The van der Waals surface area contributed by atoms with Crippen LogP contribution < -0.4 is 21.5 Å². The van der Waals surface area contributed by atoms with Crippen LogP contribution >= 0.6 is 11.3 Å². The van der Waals surface area contributed by atoms with Crippen LogP contribution in [0.1, 0.15) is 25.6 Å². The Morgan fingerprint density at radius 1 is 0.794 bits per heavy atom. The summed E-state index contributed by atoms with van der Waals surface area (Å²) in [4.78, 5) is 26.5. The summed E-state index contributed by atoms with van der Waals surface area (Å²) in [6, 6.07) is 23.2. The fraction of sp³-hybridized carbons (Fsp3) is 0. The molecule has 4 aromatic rings. The number of rotatable bonds is 7. The standard InChI is InChI=1S/C24H20N4O4S2/c25-20-19(23(30)27-17-11-13-18(14-12-17)34(26,31)32)24(28-16-9-5-2-6-10-16)33-22(20)21(29)15-7-3-1-4-8-15/h1-14,28H,25H2,(H,27,30)(H2,26,31,32). The molecule has 0 unspecified atom stereocenters. The highest BCUT2D eigenvalue weighted by molar-refractivity contribution is 7.89. The van der Waals surface area contributed by atoms with Crippen LogP contribution in [-0.2, 0) is 10.0 Å². The number of para-hydroxylation sites is 1. The molecular weight excluding hydrogens is 472 g/mol. The number of primary sulfonamides is 1. The second-order valence-corrected chi connectivity index (χ2v) is 9.84. The second-order valence-electron chi connectivity index (χ2n) is 7.26. The van der Waals surface area contributed by atoms with E-state index in [2.05, 4.69) is 10.6 Å². The normalized spacial score (nSPS) is 11.1. The molecule has 0 atom stereocenters. The average molecular weight is 493 g/mol. The zero-order valence-electron chi connectivity index (χ0n) is 17.7. The van der Waals surface area contributed by atoms with Gasteiger partial charge in [-0.1, -0.05) is 48.5 Å². The molecule has 3 aromatic carbocycles. The van der Waals surface area contributed by atoms with Gasteiger partial charge >= 0.3 is 0 Å². The number of ketones is 1. The van der Waals surface area contributed by atoms with Crippen molar-refractivity contribution < 1.29 is 18.0 Å². The lowest BCUT2D eigenvalue weighted by molar-refractivity contribution is 0.102. The topological polar surface area (TPSA) is 144 Å². The molecule has 0 aliphatic rings. The molecule has 4 rings (SSSR count). The summed E-state index contributed by atoms with van der Waals surface area (Å²) in [5, 5.41) is 11.4. The molecule has 0 radical (unpaired) electrons. The van der Waals surface area contributed by atoms with Crippen LogP contribution in [0.2, 0.25) is 0 Å². The Morgan fingerprint density at radius 3 is 1.97 bits per heavy atom. The van der Waals surface area contributed by atoms with Crippen LogP contribution in [0, 0.1) is 0 Å². The molecule has 0 saturated carbocycles. The first-order chi connectivity index (χ1) is 16.2. The average Bonchev–Trinajstić information content (AvgIpc) is 3.15. The van der Waals surface area contributed by atoms with Crippen LogP contribution in [0.3, 0.4) is 0 Å². The van der Waals surface area contributed by atoms with Crippen molar-refractivity contribution in [2.75, 3.05) is 16.4 Å². The molecule has 172 valence electrons. The van der Waals surface area contributed by atoms with Gasteiger partial charge in [0.15, 0.2) is 0 Å². The lowest BCUT2D eigenvalue weighted by atomic mass is 10.1. The first kappa shape index (κ1) is 23.2. The highest BCUT2D eigenvalue weighted by Gasteiger charge is 2.26. The van der Waals surface area contributed by atoms with Crippen LogP contribution in [0.25, 0.3) is 0 Å². The number of hydrogen-bond acceptors (Lipinski definition) is 7. The van der Waals surface area contributed by atoms with Crippen LogP contribution in [0.5, 0.6) is 0 Å². The zero-order valence-corrected chi connectivity index (χ0v) is 19.3. The van der Waals surface area contributed by atoms with Crippen molar-refractivity contribution in [2.45, 2.75) is 4.90 Å². The third kappa shape index (κ3) is 4.99. The maximum absolute atomic E-state index is 13.2. The molecule has 0 aliphatic heterocycles. The van der Waals surface area contributed by atoms with Gasteiger partial charge in [-0.15, -0.1) is 11.3 Å². The Morgan fingerprint density at radius 2 is 1.38 bits per heavy atom. The number of hydrogen-bond donors (Lipinski definition) is 4. The molecular formula is C24H20N4O4S2. The Kier molecular flexibility index (Phi) is 6.46. The highest BCUT2D eigenvalue weighted by Crippen LogP contribution is 2.39. The Hall–Kier alpha value is -3.99. The van der Waals surface area contributed by atoms with Gasteiger partial charge in [-0.25, -0.2) is 13.6 Å². The van der Waals surface area contributed by atoms with E-state index in [1.165, 1.54) is 24.3 Å². The van der Waals surface area contributed by atoms with E-state index < -0.39 is 15.9 Å². The lowest BCUT2D eigenvalue weighted by Crippen LogP contribution is -2.16. The quantitative estimate of drug-likeness (QED) is 0.285. The number of benzene rings is 3. The van der Waals surface area contributed by atoms with E-state index in [4.69, 9.17) is 10.9 Å². The number of nitrogen functional groups attached to an aromatic ring is 1. The fourth-order valence-electron chi connectivity index (χ4n) is 3.22. The number of carbonyl (C=O) groups excluding carboxylic acids is 2. The van der Waals surface area contributed by atoms with E-state index in [0.717, 1.165) is 11.3 Å². The highest BCUT2D eigenvalue weighted by atomic mass is 32.2. The van der Waals surface area contributed by atoms with Crippen molar-refractivity contribution in [1.29, 1.82) is 0 Å². The third-order valence-electron chi connectivity index (χ3n) is 4.89. The van der Waals surface area contributed by atoms with Gasteiger partial charge in [-0.3, -0.25) is 9.59 Å². The summed E-state index contributed by atoms with van der Waals surface area (Å²) in [5.41, 5.74) is 8.00. The monoisotopic (exact) mass is 492 g/mol. The van der Waals surface area contributed by atoms with Gasteiger partial charge in [-0.05, 0) is 36.4 Å². The minimum absolute atomic E-state index is 0.0518. The largest absolute Gasteiger partial charge is 0.397 e. The summed E-state index contributed by atoms with van der Waals surface area (Å²) in [5.74, 6) is -0.849. The number of nitrogens with one attached hydrogen (secondary N) is 2. The van der Waals surface area contributed by atoms with E-state index >= 15 is 0 Å². The predicted octanol–water partition coefficient (Wildman–Crippen LogP) is 4.20. The van der Waals surface area contributed by atoms with E-state index in [1.54, 1.807) is 30.3 Å². The Balaban J connectivity index is 1.71. The van der Waals surface area contributed by atoms with Crippen LogP contribution in [0.15, 0.2) is 89.8 Å². The predicted molar refractivity (Wildman–Crippen MR) is 134 cm³/mol. The Bertz CT molecular complexity index is 1450. The minimum Gasteiger partial charge on any atom is -0.397 e. The van der Waals surface area contributed by atoms with E-state index in [9.17, 15) is 18.0 Å². The Labute approximate surface area is 200 Å². The first-order valence-electron chi connectivity index (χ1n) is 10.0. The lowest BCUT2D eigenvalue weighted by Gasteiger charge is -2.10. The van der Waals surface area contributed by atoms with Crippen molar-refractivity contribution in [3.63, 3.8) is 0 Å². The molecule has 0 aliphatic carbocycles. The summed E-state index contributed by atoms with van der Waals surface area (Å²) in [7, 11) is -3.86. The molecule has 0 spiro atoms. The number of anilines is 4. The number of thiophene rings is 1. The van der Waals surface area contributed by atoms with Crippen molar-refractivity contribution in [3.05, 3.63) is 101 Å². The van der Waals surface area contributed by atoms with E-state index in [-0.39, 0.29) is 26.8 Å². The van der Waals surface area contributed by atoms with Crippen molar-refractivity contribution >= 4 is 55.1 Å². The maximum Gasteiger partial charge on any atom is 0.260 e. The van der Waals surface area contributed by atoms with Crippen molar-refractivity contribution in [2.24, 2.45) is 5.14 Å². The molecule has 10 heteroatoms. The minimum atomic E-state index is -3.86. The van der Waals surface area contributed by atoms with Crippen molar-refractivity contribution in [1.82, 2.24) is 0 Å². The first-order valence-corrected chi connectivity index (χ1v) is 12.4. The van der Waals surface area contributed by atoms with Crippen molar-refractivity contribution in [3.8, 4) is 0 Å². The SMILES string of the molecule is Nc1c(C(=O)c2ccccc2)sc(Nc2ccccc2)c1C(=O)Nc1ccc(S(N)(=O)=O)cc1. The summed E-state index contributed by atoms with van der Waals surface area (Å²) in [6.45, 7) is 0. The van der Waals surface area contributed by atoms with E-state index in [0.29, 0.717) is 21.9 Å². The molecule has 8 nitrogen and oxygen atoms in total. The maximum atomic E-state index is 13.2. The van der Waals surface area contributed by atoms with Gasteiger partial charge < -0.3 is 16.4 Å². The number of nitrogens with two attached hydrogens (primary N) is 2. The third-order valence-corrected chi connectivity index (χ3v) is 6.94. The van der Waals surface area contributed by atoms with Gasteiger partial charge in [0, 0.05) is 16.9 Å². The van der Waals surface area contributed by atoms with Crippen LogP contribution in [-0.4, -0.2) is 20.1 Å². The van der Waals surface area contributed by atoms with Gasteiger partial charge in [-0.2, -0.15) is 0 Å². The second kappa shape index (κ2) is 9.48. The van der Waals surface area contributed by atoms with Gasteiger partial charge in [0.05, 0.1) is 16.1 Å². The molecule has 0 fully saturated rings. The number of amides is 1. The number of carbonyl (C=O) groups is 2. The molecule has 1 aromatic heterocycles. The number of sulfonamides is 1. The van der Waals surface area contributed by atoms with Gasteiger partial charge in [0.25, 0.3) is 5.91 Å².